The van der Waals surface area contributed by atoms with Gasteiger partial charge in [0.1, 0.15) is 17.3 Å². The van der Waals surface area contributed by atoms with Gasteiger partial charge in [0, 0.05) is 30.1 Å². The van der Waals surface area contributed by atoms with Crippen LogP contribution >= 0.6 is 0 Å². The van der Waals surface area contributed by atoms with Crippen molar-refractivity contribution in [1.82, 2.24) is 14.8 Å². The van der Waals surface area contributed by atoms with Crippen LogP contribution in [0.1, 0.15) is 0 Å². The predicted octanol–water partition coefficient (Wildman–Crippen LogP) is 1.86. The van der Waals surface area contributed by atoms with E-state index in [1.807, 2.05) is 18.2 Å². The normalized spacial score (nSPS) is 11.1. The van der Waals surface area contributed by atoms with Crippen LogP contribution in [-0.4, -0.2) is 19.9 Å². The Morgan fingerprint density at radius 3 is 2.82 bits per heavy atom. The first-order valence-corrected chi connectivity index (χ1v) is 5.25. The summed E-state index contributed by atoms with van der Waals surface area (Å²) in [6.07, 6.45) is 0. The molecule has 3 aromatic rings. The molecule has 0 fully saturated rings. The lowest BCUT2D eigenvalue weighted by Gasteiger charge is -1.91. The second-order valence-electron chi connectivity index (χ2n) is 4.03. The summed E-state index contributed by atoms with van der Waals surface area (Å²) in [5, 5.41) is 14.7. The van der Waals surface area contributed by atoms with Crippen molar-refractivity contribution >= 4 is 16.7 Å². The molecule has 5 heteroatoms. The van der Waals surface area contributed by atoms with Crippen LogP contribution in [0.4, 0.5) is 5.82 Å². The molecule has 3 rings (SSSR count). The highest BCUT2D eigenvalue weighted by Gasteiger charge is 2.08. The van der Waals surface area contributed by atoms with Gasteiger partial charge in [-0.3, -0.25) is 4.68 Å². The third-order valence-electron chi connectivity index (χ3n) is 2.80. The van der Waals surface area contributed by atoms with E-state index in [4.69, 9.17) is 5.73 Å². The Kier molecular flexibility index (Phi) is 1.89. The minimum Gasteiger partial charge on any atom is -0.508 e. The lowest BCUT2D eigenvalue weighted by Crippen LogP contribution is -1.96. The lowest BCUT2D eigenvalue weighted by atomic mass is 10.2. The SMILES string of the molecule is Cn1nc(-c2cc3ccc(O)cc3[nH]2)cc1N. The fourth-order valence-electron chi connectivity index (χ4n) is 1.87. The number of anilines is 1. The van der Waals surface area contributed by atoms with Crippen molar-refractivity contribution in [1.29, 1.82) is 0 Å². The van der Waals surface area contributed by atoms with Crippen LogP contribution in [0.3, 0.4) is 0 Å². The van der Waals surface area contributed by atoms with E-state index in [2.05, 4.69) is 10.1 Å². The number of nitrogens with one attached hydrogen (secondary N) is 1. The summed E-state index contributed by atoms with van der Waals surface area (Å²) in [5.74, 6) is 0.855. The largest absolute Gasteiger partial charge is 0.508 e. The molecule has 17 heavy (non-hydrogen) atoms. The number of H-pyrrole nitrogens is 1. The molecule has 0 saturated heterocycles. The molecule has 0 atom stereocenters. The summed E-state index contributed by atoms with van der Waals surface area (Å²) >= 11 is 0. The van der Waals surface area contributed by atoms with E-state index in [1.54, 1.807) is 23.9 Å². The maximum Gasteiger partial charge on any atom is 0.122 e. The molecule has 5 nitrogen and oxygen atoms in total. The number of aromatic nitrogens is 3. The highest BCUT2D eigenvalue weighted by Crippen LogP contribution is 2.26. The Labute approximate surface area is 97.5 Å². The van der Waals surface area contributed by atoms with E-state index in [0.717, 1.165) is 22.3 Å². The van der Waals surface area contributed by atoms with Crippen LogP contribution in [0, 0.1) is 0 Å². The van der Waals surface area contributed by atoms with Crippen molar-refractivity contribution in [2.75, 3.05) is 5.73 Å². The molecular formula is C12H12N4O. The number of nitrogens with two attached hydrogens (primary N) is 1. The number of aryl methyl sites for hydroxylation is 1. The summed E-state index contributed by atoms with van der Waals surface area (Å²) in [6, 6.07) is 9.00. The molecule has 0 unspecified atom stereocenters. The Balaban J connectivity index is 2.17. The zero-order valence-corrected chi connectivity index (χ0v) is 9.31. The number of rotatable bonds is 1. The van der Waals surface area contributed by atoms with Crippen LogP contribution in [0.2, 0.25) is 0 Å². The highest BCUT2D eigenvalue weighted by atomic mass is 16.3. The molecule has 0 aliphatic carbocycles. The van der Waals surface area contributed by atoms with E-state index < -0.39 is 0 Å². The second kappa shape index (κ2) is 3.28. The summed E-state index contributed by atoms with van der Waals surface area (Å²) in [7, 11) is 1.80. The first-order chi connectivity index (χ1) is 8.13. The van der Waals surface area contributed by atoms with Crippen molar-refractivity contribution in [3.8, 4) is 17.1 Å². The molecule has 0 spiro atoms. The standard InChI is InChI=1S/C12H12N4O/c1-16-12(13)6-11(15-16)10-4-7-2-3-8(17)5-9(7)14-10/h2-6,14,17H,13H2,1H3. The molecule has 2 heterocycles. The number of nitrogen functional groups attached to an aromatic ring is 1. The monoisotopic (exact) mass is 228 g/mol. The summed E-state index contributed by atoms with van der Waals surface area (Å²) < 4.78 is 1.62. The van der Waals surface area contributed by atoms with Crippen molar-refractivity contribution in [2.45, 2.75) is 0 Å². The van der Waals surface area contributed by atoms with Gasteiger partial charge in [-0.2, -0.15) is 5.10 Å². The van der Waals surface area contributed by atoms with E-state index in [0.29, 0.717) is 5.82 Å². The molecule has 0 bridgehead atoms. The van der Waals surface area contributed by atoms with E-state index in [9.17, 15) is 5.11 Å². The van der Waals surface area contributed by atoms with Crippen molar-refractivity contribution in [2.24, 2.45) is 7.05 Å². The Morgan fingerprint density at radius 1 is 1.29 bits per heavy atom. The molecule has 2 aromatic heterocycles. The van der Waals surface area contributed by atoms with Crippen LogP contribution in [-0.2, 0) is 7.05 Å². The van der Waals surface area contributed by atoms with Gasteiger partial charge in [0.25, 0.3) is 0 Å². The average Bonchev–Trinajstić information content (AvgIpc) is 2.83. The fraction of sp³-hybridized carbons (Fsp3) is 0.0833. The summed E-state index contributed by atoms with van der Waals surface area (Å²) in [5.41, 5.74) is 8.30. The third kappa shape index (κ3) is 1.52. The van der Waals surface area contributed by atoms with Gasteiger partial charge in [0.2, 0.25) is 0 Å². The van der Waals surface area contributed by atoms with E-state index in [1.165, 1.54) is 0 Å². The first-order valence-electron chi connectivity index (χ1n) is 5.25. The Bertz CT molecular complexity index is 676. The van der Waals surface area contributed by atoms with Crippen LogP contribution in [0.5, 0.6) is 5.75 Å². The smallest absolute Gasteiger partial charge is 0.122 e. The number of aromatic amines is 1. The number of phenols is 1. The lowest BCUT2D eigenvalue weighted by molar-refractivity contribution is 0.476. The van der Waals surface area contributed by atoms with Crippen LogP contribution in [0.15, 0.2) is 30.3 Å². The van der Waals surface area contributed by atoms with Gasteiger partial charge in [-0.25, -0.2) is 0 Å². The number of benzene rings is 1. The summed E-state index contributed by atoms with van der Waals surface area (Å²) in [4.78, 5) is 3.20. The maximum atomic E-state index is 9.40. The molecule has 86 valence electrons. The predicted molar refractivity (Wildman–Crippen MR) is 66.6 cm³/mol. The van der Waals surface area contributed by atoms with Gasteiger partial charge in [-0.1, -0.05) is 0 Å². The van der Waals surface area contributed by atoms with Crippen molar-refractivity contribution < 1.29 is 5.11 Å². The van der Waals surface area contributed by atoms with Gasteiger partial charge in [-0.05, 0) is 18.2 Å². The molecular weight excluding hydrogens is 216 g/mol. The Hall–Kier alpha value is -2.43. The zero-order chi connectivity index (χ0) is 12.0. The minimum absolute atomic E-state index is 0.242. The van der Waals surface area contributed by atoms with Crippen molar-refractivity contribution in [3.05, 3.63) is 30.3 Å². The first kappa shape index (κ1) is 9.77. The number of nitrogens with zero attached hydrogens (tertiary/aromatic N) is 2. The quantitative estimate of drug-likeness (QED) is 0.594. The average molecular weight is 228 g/mol. The molecule has 1 aromatic carbocycles. The molecule has 0 saturated carbocycles. The molecule has 0 amide bonds. The number of phenolic OH excluding ortho intramolecular Hbond substituents is 1. The van der Waals surface area contributed by atoms with Crippen molar-refractivity contribution in [3.63, 3.8) is 0 Å². The van der Waals surface area contributed by atoms with E-state index >= 15 is 0 Å². The van der Waals surface area contributed by atoms with Gasteiger partial charge < -0.3 is 15.8 Å². The van der Waals surface area contributed by atoms with Gasteiger partial charge >= 0.3 is 0 Å². The third-order valence-corrected chi connectivity index (χ3v) is 2.80. The van der Waals surface area contributed by atoms with Gasteiger partial charge in [0.05, 0.1) is 5.69 Å². The highest BCUT2D eigenvalue weighted by molar-refractivity contribution is 5.86. The second-order valence-corrected chi connectivity index (χ2v) is 4.03. The molecule has 0 aliphatic heterocycles. The van der Waals surface area contributed by atoms with Gasteiger partial charge in [0.15, 0.2) is 0 Å². The van der Waals surface area contributed by atoms with Gasteiger partial charge in [-0.15, -0.1) is 0 Å². The minimum atomic E-state index is 0.242. The van der Waals surface area contributed by atoms with Crippen LogP contribution in [0.25, 0.3) is 22.3 Å². The number of fused-ring (bicyclic) bond motifs is 1. The summed E-state index contributed by atoms with van der Waals surface area (Å²) in [6.45, 7) is 0. The van der Waals surface area contributed by atoms with Crippen LogP contribution < -0.4 is 5.73 Å². The Morgan fingerprint density at radius 2 is 2.12 bits per heavy atom. The number of aromatic hydroxyl groups is 1. The maximum absolute atomic E-state index is 9.40. The molecule has 0 radical (unpaired) electrons. The fourth-order valence-corrected chi connectivity index (χ4v) is 1.87. The van der Waals surface area contributed by atoms with E-state index in [-0.39, 0.29) is 5.75 Å². The number of hydrogen-bond donors (Lipinski definition) is 3. The molecule has 4 N–H and O–H groups in total. The zero-order valence-electron chi connectivity index (χ0n) is 9.31. The molecule has 0 aliphatic rings. The topological polar surface area (TPSA) is 79.9 Å². The number of hydrogen-bond acceptors (Lipinski definition) is 3.